The fourth-order valence-corrected chi connectivity index (χ4v) is 1.28. The molecular weight excluding hydrogens is 118 g/mol. The van der Waals surface area contributed by atoms with Gasteiger partial charge in [0.1, 0.15) is 0 Å². The summed E-state index contributed by atoms with van der Waals surface area (Å²) in [5.41, 5.74) is 0. The molecular formula is C6H9NO2. The Morgan fingerprint density at radius 2 is 2.00 bits per heavy atom. The van der Waals surface area contributed by atoms with Crippen LogP contribution in [0, 0.1) is 0 Å². The molecule has 2 aliphatic heterocycles. The minimum Gasteiger partial charge on any atom is -0.431 e. The molecule has 2 heterocycles. The van der Waals surface area contributed by atoms with Gasteiger partial charge in [0.2, 0.25) is 0 Å². The van der Waals surface area contributed by atoms with Gasteiger partial charge in [0.05, 0.1) is 0 Å². The van der Waals surface area contributed by atoms with Crippen LogP contribution >= 0.6 is 0 Å². The first kappa shape index (κ1) is 5.23. The molecule has 0 bridgehead atoms. The molecule has 0 spiro atoms. The van der Waals surface area contributed by atoms with Crippen molar-refractivity contribution in [2.24, 2.45) is 0 Å². The Morgan fingerprint density at radius 1 is 1.44 bits per heavy atom. The molecule has 2 rings (SSSR count). The van der Waals surface area contributed by atoms with Crippen LogP contribution < -0.4 is 0 Å². The van der Waals surface area contributed by atoms with Gasteiger partial charge in [-0.15, -0.1) is 0 Å². The molecule has 2 aliphatic rings. The highest BCUT2D eigenvalue weighted by molar-refractivity contribution is 5.86. The van der Waals surface area contributed by atoms with Gasteiger partial charge in [-0.05, 0) is 12.8 Å². The number of hydrogen-bond acceptors (Lipinski definition) is 3. The maximum Gasteiger partial charge on any atom is 0.365 e. The van der Waals surface area contributed by atoms with E-state index < -0.39 is 0 Å². The summed E-state index contributed by atoms with van der Waals surface area (Å²) in [4.78, 5) is 12.5. The first-order valence-electron chi connectivity index (χ1n) is 3.32. The van der Waals surface area contributed by atoms with Crippen LogP contribution in [0.3, 0.4) is 0 Å². The largest absolute Gasteiger partial charge is 0.431 e. The lowest BCUT2D eigenvalue weighted by Gasteiger charge is -2.05. The minimum absolute atomic E-state index is 0.0445. The van der Waals surface area contributed by atoms with Gasteiger partial charge in [0.15, 0.2) is 0 Å². The molecule has 3 nitrogen and oxygen atoms in total. The van der Waals surface area contributed by atoms with E-state index in [-0.39, 0.29) is 12.2 Å². The van der Waals surface area contributed by atoms with Crippen molar-refractivity contribution in [2.45, 2.75) is 19.1 Å². The fourth-order valence-electron chi connectivity index (χ4n) is 1.28. The van der Waals surface area contributed by atoms with Crippen molar-refractivity contribution < 1.29 is 9.53 Å². The Bertz CT molecular complexity index is 140. The van der Waals surface area contributed by atoms with Crippen LogP contribution in [-0.4, -0.2) is 30.2 Å². The number of epoxide rings is 1. The maximum atomic E-state index is 10.4. The lowest BCUT2D eigenvalue weighted by Crippen LogP contribution is -2.23. The van der Waals surface area contributed by atoms with Gasteiger partial charge in [-0.2, -0.15) is 0 Å². The van der Waals surface area contributed by atoms with Gasteiger partial charge >= 0.3 is 5.97 Å². The van der Waals surface area contributed by atoms with Crippen molar-refractivity contribution in [3.05, 3.63) is 0 Å². The molecule has 0 radical (unpaired) electrons. The van der Waals surface area contributed by atoms with E-state index in [0.717, 1.165) is 13.1 Å². The molecule has 3 heteroatoms. The van der Waals surface area contributed by atoms with Crippen LogP contribution in [0.2, 0.25) is 0 Å². The Labute approximate surface area is 53.6 Å². The zero-order valence-corrected chi connectivity index (χ0v) is 5.17. The Hall–Kier alpha value is -0.570. The number of carbonyl (C=O) groups excluding carboxylic acids is 1. The van der Waals surface area contributed by atoms with E-state index in [2.05, 4.69) is 9.64 Å². The van der Waals surface area contributed by atoms with Gasteiger partial charge in [0, 0.05) is 13.1 Å². The van der Waals surface area contributed by atoms with Crippen LogP contribution in [0.1, 0.15) is 12.8 Å². The lowest BCUT2D eigenvalue weighted by molar-refractivity contribution is -0.117. The standard InChI is InChI=1S/C6H9NO2/c8-6-5(9-6)7-3-1-2-4-7/h5H,1-4H2. The van der Waals surface area contributed by atoms with Gasteiger partial charge in [-0.3, -0.25) is 4.90 Å². The quantitative estimate of drug-likeness (QED) is 0.463. The average molecular weight is 127 g/mol. The summed E-state index contributed by atoms with van der Waals surface area (Å²) in [5, 5.41) is 0. The molecule has 0 amide bonds. The molecule has 9 heavy (non-hydrogen) atoms. The number of likely N-dealkylation sites (tertiary alicyclic amines) is 1. The number of hydrogen-bond donors (Lipinski definition) is 0. The number of ether oxygens (including phenoxy) is 1. The zero-order valence-electron chi connectivity index (χ0n) is 5.17. The van der Waals surface area contributed by atoms with E-state index in [4.69, 9.17) is 0 Å². The molecule has 0 aromatic rings. The lowest BCUT2D eigenvalue weighted by atomic mass is 10.4. The predicted molar refractivity (Wildman–Crippen MR) is 30.7 cm³/mol. The van der Waals surface area contributed by atoms with Gasteiger partial charge in [-0.1, -0.05) is 0 Å². The van der Waals surface area contributed by atoms with E-state index in [9.17, 15) is 4.79 Å². The smallest absolute Gasteiger partial charge is 0.365 e. The van der Waals surface area contributed by atoms with E-state index in [1.807, 2.05) is 0 Å². The van der Waals surface area contributed by atoms with Crippen molar-refractivity contribution >= 4 is 5.97 Å². The van der Waals surface area contributed by atoms with Gasteiger partial charge < -0.3 is 4.74 Å². The summed E-state index contributed by atoms with van der Waals surface area (Å²) < 4.78 is 4.69. The summed E-state index contributed by atoms with van der Waals surface area (Å²) in [6.07, 6.45) is 2.28. The van der Waals surface area contributed by atoms with Crippen LogP contribution in [0.15, 0.2) is 0 Å². The first-order valence-corrected chi connectivity index (χ1v) is 3.32. The van der Waals surface area contributed by atoms with E-state index in [0.29, 0.717) is 0 Å². The summed E-state index contributed by atoms with van der Waals surface area (Å²) in [7, 11) is 0. The molecule has 0 aromatic heterocycles. The molecule has 1 unspecified atom stereocenters. The third-order valence-corrected chi connectivity index (χ3v) is 1.84. The number of carbonyl (C=O) groups is 1. The van der Waals surface area contributed by atoms with Crippen molar-refractivity contribution in [3.63, 3.8) is 0 Å². The SMILES string of the molecule is O=C1OC1N1CCCC1. The first-order chi connectivity index (χ1) is 4.38. The van der Waals surface area contributed by atoms with Crippen molar-refractivity contribution in [1.29, 1.82) is 0 Å². The van der Waals surface area contributed by atoms with E-state index in [1.165, 1.54) is 12.8 Å². The van der Waals surface area contributed by atoms with Crippen molar-refractivity contribution in [1.82, 2.24) is 4.90 Å². The second-order valence-corrected chi connectivity index (χ2v) is 2.53. The average Bonchev–Trinajstić information content (AvgIpc) is 2.44. The topological polar surface area (TPSA) is 32.8 Å². The molecule has 0 aromatic carbocycles. The third-order valence-electron chi connectivity index (χ3n) is 1.84. The molecule has 50 valence electrons. The molecule has 0 aliphatic carbocycles. The van der Waals surface area contributed by atoms with E-state index >= 15 is 0 Å². The number of rotatable bonds is 1. The van der Waals surface area contributed by atoms with Crippen molar-refractivity contribution in [3.8, 4) is 0 Å². The summed E-state index contributed by atoms with van der Waals surface area (Å²) in [6.45, 7) is 2.08. The second-order valence-electron chi connectivity index (χ2n) is 2.53. The Balaban J connectivity index is 1.91. The van der Waals surface area contributed by atoms with Crippen LogP contribution in [0.4, 0.5) is 0 Å². The molecule has 0 saturated carbocycles. The Morgan fingerprint density at radius 3 is 2.44 bits per heavy atom. The fraction of sp³-hybridized carbons (Fsp3) is 0.833. The molecule has 2 saturated heterocycles. The Kier molecular flexibility index (Phi) is 0.990. The monoisotopic (exact) mass is 127 g/mol. The third kappa shape index (κ3) is 0.812. The number of cyclic esters (lactones) is 1. The highest BCUT2D eigenvalue weighted by atomic mass is 16.7. The molecule has 0 N–H and O–H groups in total. The van der Waals surface area contributed by atoms with E-state index in [1.54, 1.807) is 0 Å². The summed E-state index contributed by atoms with van der Waals surface area (Å²) in [5.74, 6) is -0.0445. The van der Waals surface area contributed by atoms with Crippen LogP contribution in [-0.2, 0) is 9.53 Å². The minimum atomic E-state index is -0.146. The van der Waals surface area contributed by atoms with Crippen LogP contribution in [0.25, 0.3) is 0 Å². The zero-order chi connectivity index (χ0) is 6.27. The predicted octanol–water partition coefficient (Wildman–Crippen LogP) is -0.0349. The maximum absolute atomic E-state index is 10.4. The van der Waals surface area contributed by atoms with Gasteiger partial charge in [0.25, 0.3) is 6.23 Å². The normalized spacial score (nSPS) is 34.7. The van der Waals surface area contributed by atoms with Crippen molar-refractivity contribution in [2.75, 3.05) is 13.1 Å². The van der Waals surface area contributed by atoms with Crippen LogP contribution in [0.5, 0.6) is 0 Å². The summed E-state index contributed by atoms with van der Waals surface area (Å²) in [6, 6.07) is 0. The highest BCUT2D eigenvalue weighted by Crippen LogP contribution is 2.22. The second kappa shape index (κ2) is 1.70. The van der Waals surface area contributed by atoms with Gasteiger partial charge in [-0.25, -0.2) is 4.79 Å². The molecule has 1 atom stereocenters. The highest BCUT2D eigenvalue weighted by Gasteiger charge is 2.44. The molecule has 2 fully saturated rings. The number of nitrogens with zero attached hydrogens (tertiary/aromatic N) is 1. The summed E-state index contributed by atoms with van der Waals surface area (Å²) >= 11 is 0.